The van der Waals surface area contributed by atoms with Crippen molar-refractivity contribution in [2.24, 2.45) is 5.92 Å². The SMILES string of the molecule is Cc1cnc(C(O)C2CCOC3(CCSCC3)C2)cn1. The fraction of sp³-hybridized carbons (Fsp3) is 0.733. The molecule has 2 atom stereocenters. The van der Waals surface area contributed by atoms with Crippen LogP contribution in [-0.4, -0.2) is 38.8 Å². The molecule has 0 aliphatic carbocycles. The second-order valence-corrected chi connectivity index (χ2v) is 7.15. The summed E-state index contributed by atoms with van der Waals surface area (Å²) in [5, 5.41) is 10.6. The number of thioether (sulfide) groups is 1. The van der Waals surface area contributed by atoms with Gasteiger partial charge in [0.05, 0.1) is 23.2 Å². The number of hydrogen-bond acceptors (Lipinski definition) is 5. The van der Waals surface area contributed by atoms with E-state index in [2.05, 4.69) is 9.97 Å². The minimum atomic E-state index is -0.515. The summed E-state index contributed by atoms with van der Waals surface area (Å²) in [6, 6.07) is 0. The molecule has 0 radical (unpaired) electrons. The number of aromatic nitrogens is 2. The molecule has 4 nitrogen and oxygen atoms in total. The van der Waals surface area contributed by atoms with Gasteiger partial charge in [-0.2, -0.15) is 11.8 Å². The molecule has 2 saturated heterocycles. The molecule has 1 spiro atoms. The van der Waals surface area contributed by atoms with Crippen LogP contribution in [0, 0.1) is 12.8 Å². The third kappa shape index (κ3) is 3.00. The number of hydrogen-bond donors (Lipinski definition) is 1. The van der Waals surface area contributed by atoms with E-state index in [9.17, 15) is 5.11 Å². The summed E-state index contributed by atoms with van der Waals surface area (Å²) in [5.74, 6) is 2.59. The predicted molar refractivity (Wildman–Crippen MR) is 79.7 cm³/mol. The van der Waals surface area contributed by atoms with Gasteiger partial charge in [0.2, 0.25) is 0 Å². The largest absolute Gasteiger partial charge is 0.386 e. The number of ether oxygens (including phenoxy) is 1. The van der Waals surface area contributed by atoms with Crippen molar-refractivity contribution < 1.29 is 9.84 Å². The molecule has 1 aromatic heterocycles. The Labute approximate surface area is 124 Å². The lowest BCUT2D eigenvalue weighted by Gasteiger charge is -2.44. The van der Waals surface area contributed by atoms with Crippen molar-refractivity contribution in [2.45, 2.75) is 44.3 Å². The Bertz CT molecular complexity index is 440. The second kappa shape index (κ2) is 6.00. The molecule has 0 aromatic carbocycles. The van der Waals surface area contributed by atoms with Crippen LogP contribution in [0.5, 0.6) is 0 Å². The lowest BCUT2D eigenvalue weighted by molar-refractivity contribution is -0.121. The van der Waals surface area contributed by atoms with Crippen molar-refractivity contribution in [3.63, 3.8) is 0 Å². The summed E-state index contributed by atoms with van der Waals surface area (Å²) in [7, 11) is 0. The van der Waals surface area contributed by atoms with E-state index in [-0.39, 0.29) is 11.5 Å². The Morgan fingerprint density at radius 3 is 2.85 bits per heavy atom. The molecule has 2 aliphatic heterocycles. The van der Waals surface area contributed by atoms with Crippen molar-refractivity contribution >= 4 is 11.8 Å². The highest BCUT2D eigenvalue weighted by Gasteiger charge is 2.41. The smallest absolute Gasteiger partial charge is 0.100 e. The molecule has 3 rings (SSSR count). The fourth-order valence-corrected chi connectivity index (χ4v) is 4.46. The number of aryl methyl sites for hydroxylation is 1. The Morgan fingerprint density at radius 2 is 2.15 bits per heavy atom. The third-order valence-corrected chi connectivity index (χ3v) is 5.47. The van der Waals surface area contributed by atoms with Gasteiger partial charge in [-0.05, 0) is 50.0 Å². The molecule has 5 heteroatoms. The van der Waals surface area contributed by atoms with Crippen LogP contribution in [0.3, 0.4) is 0 Å². The normalized spacial score (nSPS) is 27.4. The van der Waals surface area contributed by atoms with Crippen molar-refractivity contribution in [1.82, 2.24) is 9.97 Å². The predicted octanol–water partition coefficient (Wildman–Crippen LogP) is 2.51. The molecule has 2 fully saturated rings. The summed E-state index contributed by atoms with van der Waals surface area (Å²) in [5.41, 5.74) is 1.59. The minimum Gasteiger partial charge on any atom is -0.386 e. The number of aliphatic hydroxyl groups is 1. The monoisotopic (exact) mass is 294 g/mol. The average Bonchev–Trinajstić information content (AvgIpc) is 2.48. The van der Waals surface area contributed by atoms with E-state index >= 15 is 0 Å². The van der Waals surface area contributed by atoms with Crippen LogP contribution in [0.25, 0.3) is 0 Å². The van der Waals surface area contributed by atoms with Crippen LogP contribution in [0.2, 0.25) is 0 Å². The van der Waals surface area contributed by atoms with Gasteiger partial charge >= 0.3 is 0 Å². The molecular weight excluding hydrogens is 272 g/mol. The van der Waals surface area contributed by atoms with Crippen LogP contribution in [0.4, 0.5) is 0 Å². The fourth-order valence-electron chi connectivity index (χ4n) is 3.22. The Kier molecular flexibility index (Phi) is 4.29. The average molecular weight is 294 g/mol. The van der Waals surface area contributed by atoms with Gasteiger partial charge in [-0.15, -0.1) is 0 Å². The van der Waals surface area contributed by atoms with Crippen molar-refractivity contribution in [3.8, 4) is 0 Å². The van der Waals surface area contributed by atoms with Gasteiger partial charge in [0, 0.05) is 12.8 Å². The highest BCUT2D eigenvalue weighted by atomic mass is 32.2. The summed E-state index contributed by atoms with van der Waals surface area (Å²) < 4.78 is 6.08. The molecule has 0 saturated carbocycles. The van der Waals surface area contributed by atoms with Crippen molar-refractivity contribution in [1.29, 1.82) is 0 Å². The molecular formula is C15H22N2O2S. The van der Waals surface area contributed by atoms with Gasteiger partial charge in [0.15, 0.2) is 0 Å². The minimum absolute atomic E-state index is 0.00721. The molecule has 2 aliphatic rings. The van der Waals surface area contributed by atoms with Gasteiger partial charge in [-0.3, -0.25) is 9.97 Å². The maximum absolute atomic E-state index is 10.6. The zero-order chi connectivity index (χ0) is 14.0. The highest BCUT2D eigenvalue weighted by Crippen LogP contribution is 2.43. The summed E-state index contributed by atoms with van der Waals surface area (Å²) in [6.45, 7) is 2.66. The van der Waals surface area contributed by atoms with E-state index in [1.54, 1.807) is 12.4 Å². The third-order valence-electron chi connectivity index (χ3n) is 4.49. The Balaban J connectivity index is 1.71. The van der Waals surface area contributed by atoms with E-state index in [0.717, 1.165) is 38.0 Å². The molecule has 3 heterocycles. The summed E-state index contributed by atoms with van der Waals surface area (Å²) >= 11 is 2.01. The molecule has 0 bridgehead atoms. The first-order valence-electron chi connectivity index (χ1n) is 7.37. The summed E-state index contributed by atoms with van der Waals surface area (Å²) in [4.78, 5) is 8.57. The number of rotatable bonds is 2. The topological polar surface area (TPSA) is 55.2 Å². The van der Waals surface area contributed by atoms with E-state index in [0.29, 0.717) is 5.69 Å². The van der Waals surface area contributed by atoms with Gasteiger partial charge in [0.25, 0.3) is 0 Å². The first kappa shape index (κ1) is 14.3. The maximum atomic E-state index is 10.6. The molecule has 110 valence electrons. The maximum Gasteiger partial charge on any atom is 0.100 e. The Hall–Kier alpha value is -0.650. The van der Waals surface area contributed by atoms with E-state index in [1.165, 1.54) is 11.5 Å². The van der Waals surface area contributed by atoms with Crippen LogP contribution in [0.1, 0.15) is 43.2 Å². The first-order valence-corrected chi connectivity index (χ1v) is 8.52. The number of aliphatic hydroxyl groups excluding tert-OH is 1. The highest BCUT2D eigenvalue weighted by molar-refractivity contribution is 7.99. The first-order chi connectivity index (χ1) is 9.69. The molecule has 1 N–H and O–H groups in total. The molecule has 0 amide bonds. The van der Waals surface area contributed by atoms with Crippen LogP contribution < -0.4 is 0 Å². The molecule has 1 aromatic rings. The zero-order valence-electron chi connectivity index (χ0n) is 11.9. The molecule has 2 unspecified atom stereocenters. The zero-order valence-corrected chi connectivity index (χ0v) is 12.7. The standard InChI is InChI=1S/C15H22N2O2S/c1-11-9-17-13(10-16-11)14(18)12-2-5-19-15(8-12)3-6-20-7-4-15/h9-10,12,14,18H,2-8H2,1H3. The summed E-state index contributed by atoms with van der Waals surface area (Å²) in [6.07, 6.45) is 7.00. The Morgan fingerprint density at radius 1 is 1.35 bits per heavy atom. The van der Waals surface area contributed by atoms with E-state index in [1.807, 2.05) is 18.7 Å². The van der Waals surface area contributed by atoms with Crippen molar-refractivity contribution in [2.75, 3.05) is 18.1 Å². The second-order valence-electron chi connectivity index (χ2n) is 5.92. The van der Waals surface area contributed by atoms with E-state index in [4.69, 9.17) is 4.74 Å². The van der Waals surface area contributed by atoms with Crippen LogP contribution >= 0.6 is 11.8 Å². The van der Waals surface area contributed by atoms with Gasteiger partial charge in [0.1, 0.15) is 6.10 Å². The lowest BCUT2D eigenvalue weighted by atomic mass is 9.79. The van der Waals surface area contributed by atoms with Crippen molar-refractivity contribution in [3.05, 3.63) is 23.8 Å². The van der Waals surface area contributed by atoms with Crippen LogP contribution in [-0.2, 0) is 4.74 Å². The molecule has 20 heavy (non-hydrogen) atoms. The van der Waals surface area contributed by atoms with Gasteiger partial charge < -0.3 is 9.84 Å². The van der Waals surface area contributed by atoms with Crippen LogP contribution in [0.15, 0.2) is 12.4 Å². The number of nitrogens with zero attached hydrogens (tertiary/aromatic N) is 2. The van der Waals surface area contributed by atoms with E-state index < -0.39 is 6.10 Å². The van der Waals surface area contributed by atoms with Gasteiger partial charge in [-0.1, -0.05) is 0 Å². The quantitative estimate of drug-likeness (QED) is 0.908. The lowest BCUT2D eigenvalue weighted by Crippen LogP contribution is -2.44. The van der Waals surface area contributed by atoms with Gasteiger partial charge in [-0.25, -0.2) is 0 Å².